The molecule has 0 spiro atoms. The van der Waals surface area contributed by atoms with E-state index in [0.717, 1.165) is 24.8 Å². The summed E-state index contributed by atoms with van der Waals surface area (Å²) in [5.74, 6) is 0.401. The Morgan fingerprint density at radius 2 is 2.11 bits per heavy atom. The highest BCUT2D eigenvalue weighted by Gasteiger charge is 2.37. The maximum absolute atomic E-state index is 10.8. The topological polar surface area (TPSA) is 20.2 Å². The molecule has 1 aromatic rings. The minimum atomic E-state index is -0.299. The lowest BCUT2D eigenvalue weighted by atomic mass is 9.65. The first-order valence-electron chi connectivity index (χ1n) is 7.81. The predicted octanol–water partition coefficient (Wildman–Crippen LogP) is 4.89. The minimum Gasteiger partial charge on any atom is -0.388 e. The van der Waals surface area contributed by atoms with Gasteiger partial charge < -0.3 is 5.11 Å². The molecule has 1 aromatic carbocycles. The normalized spacial score (nSPS) is 24.1. The summed E-state index contributed by atoms with van der Waals surface area (Å²) in [5.41, 5.74) is 2.73. The third-order valence-electron chi connectivity index (χ3n) is 4.80. The van der Waals surface area contributed by atoms with Crippen LogP contribution in [0, 0.1) is 11.3 Å². The lowest BCUT2D eigenvalue weighted by molar-refractivity contribution is 0.00382. The fraction of sp³-hybridized carbons (Fsp3) is 0.667. The van der Waals surface area contributed by atoms with Crippen LogP contribution in [0.1, 0.15) is 70.1 Å². The minimum absolute atomic E-state index is 0.262. The predicted molar refractivity (Wildman–Crippen MR) is 81.1 cm³/mol. The Bertz CT molecular complexity index is 408. The Morgan fingerprint density at radius 1 is 1.32 bits per heavy atom. The molecular formula is C18H28O. The van der Waals surface area contributed by atoms with Crippen LogP contribution in [-0.2, 0) is 6.42 Å². The molecule has 0 bridgehead atoms. The highest BCUT2D eigenvalue weighted by Crippen LogP contribution is 2.46. The zero-order valence-electron chi connectivity index (χ0n) is 12.7. The smallest absolute Gasteiger partial charge is 0.0823 e. The summed E-state index contributed by atoms with van der Waals surface area (Å²) >= 11 is 0. The summed E-state index contributed by atoms with van der Waals surface area (Å²) in [6, 6.07) is 8.57. The monoisotopic (exact) mass is 260 g/mol. The van der Waals surface area contributed by atoms with Crippen LogP contribution >= 0.6 is 0 Å². The molecule has 2 rings (SSSR count). The molecule has 1 heteroatoms. The van der Waals surface area contributed by atoms with Crippen molar-refractivity contribution in [3.63, 3.8) is 0 Å². The number of hydrogen-bond acceptors (Lipinski definition) is 1. The molecular weight excluding hydrogens is 232 g/mol. The lowest BCUT2D eigenvalue weighted by Gasteiger charge is -2.41. The summed E-state index contributed by atoms with van der Waals surface area (Å²) in [6.45, 7) is 6.83. The Labute approximate surface area is 118 Å². The molecule has 0 aliphatic heterocycles. The highest BCUT2D eigenvalue weighted by atomic mass is 16.3. The van der Waals surface area contributed by atoms with E-state index in [4.69, 9.17) is 0 Å². The maximum atomic E-state index is 10.8. The van der Waals surface area contributed by atoms with E-state index in [-0.39, 0.29) is 11.5 Å². The third-order valence-corrected chi connectivity index (χ3v) is 4.80. The van der Waals surface area contributed by atoms with E-state index in [1.54, 1.807) is 0 Å². The molecule has 19 heavy (non-hydrogen) atoms. The van der Waals surface area contributed by atoms with Crippen molar-refractivity contribution in [3.8, 4) is 0 Å². The molecule has 106 valence electrons. The Kier molecular flexibility index (Phi) is 4.67. The van der Waals surface area contributed by atoms with E-state index in [0.29, 0.717) is 5.92 Å². The van der Waals surface area contributed by atoms with E-state index < -0.39 is 0 Å². The molecule has 0 heterocycles. The van der Waals surface area contributed by atoms with Crippen molar-refractivity contribution in [1.82, 2.24) is 0 Å². The van der Waals surface area contributed by atoms with E-state index in [2.05, 4.69) is 45.0 Å². The van der Waals surface area contributed by atoms with E-state index in [9.17, 15) is 5.11 Å². The zero-order chi connectivity index (χ0) is 13.9. The van der Waals surface area contributed by atoms with Crippen LogP contribution in [0.25, 0.3) is 0 Å². The lowest BCUT2D eigenvalue weighted by Crippen LogP contribution is -2.32. The third kappa shape index (κ3) is 3.39. The molecule has 1 saturated carbocycles. The second kappa shape index (κ2) is 6.09. The number of benzene rings is 1. The van der Waals surface area contributed by atoms with E-state index in [1.807, 2.05) is 0 Å². The quantitative estimate of drug-likeness (QED) is 0.817. The fourth-order valence-electron chi connectivity index (χ4n) is 3.56. The number of hydrogen-bond donors (Lipinski definition) is 1. The van der Waals surface area contributed by atoms with Crippen LogP contribution in [0.15, 0.2) is 24.3 Å². The van der Waals surface area contributed by atoms with Crippen LogP contribution in [0.5, 0.6) is 0 Å². The number of aryl methyl sites for hydroxylation is 1. The highest BCUT2D eigenvalue weighted by molar-refractivity contribution is 5.26. The van der Waals surface area contributed by atoms with Gasteiger partial charge in [0.2, 0.25) is 0 Å². The van der Waals surface area contributed by atoms with Crippen molar-refractivity contribution in [2.45, 2.75) is 65.4 Å². The summed E-state index contributed by atoms with van der Waals surface area (Å²) in [4.78, 5) is 0. The van der Waals surface area contributed by atoms with Gasteiger partial charge in [-0.15, -0.1) is 0 Å². The Morgan fingerprint density at radius 3 is 2.79 bits per heavy atom. The van der Waals surface area contributed by atoms with Gasteiger partial charge in [-0.05, 0) is 41.7 Å². The number of aliphatic hydroxyl groups is 1. The van der Waals surface area contributed by atoms with Crippen LogP contribution < -0.4 is 0 Å². The molecule has 0 amide bonds. The van der Waals surface area contributed by atoms with Gasteiger partial charge in [0.1, 0.15) is 0 Å². The largest absolute Gasteiger partial charge is 0.388 e. The number of rotatable bonds is 4. The van der Waals surface area contributed by atoms with Crippen LogP contribution in [-0.4, -0.2) is 5.11 Å². The number of aliphatic hydroxyl groups excluding tert-OH is 1. The van der Waals surface area contributed by atoms with E-state index >= 15 is 0 Å². The second-order valence-corrected chi connectivity index (χ2v) is 6.78. The molecule has 2 atom stereocenters. The molecule has 1 aliphatic carbocycles. The SMILES string of the molecule is CCCc1cccc(C(O)C2CCCCC2(C)C)c1. The first kappa shape index (κ1) is 14.6. The Balaban J connectivity index is 2.18. The van der Waals surface area contributed by atoms with Gasteiger partial charge in [0.15, 0.2) is 0 Å². The van der Waals surface area contributed by atoms with Crippen LogP contribution in [0.3, 0.4) is 0 Å². The molecule has 1 nitrogen and oxygen atoms in total. The van der Waals surface area contributed by atoms with Crippen molar-refractivity contribution in [3.05, 3.63) is 35.4 Å². The fourth-order valence-corrected chi connectivity index (χ4v) is 3.56. The van der Waals surface area contributed by atoms with Gasteiger partial charge in [0, 0.05) is 0 Å². The van der Waals surface area contributed by atoms with Gasteiger partial charge in [-0.1, -0.05) is 64.3 Å². The average molecular weight is 260 g/mol. The van der Waals surface area contributed by atoms with Gasteiger partial charge in [-0.25, -0.2) is 0 Å². The molecule has 0 saturated heterocycles. The van der Waals surface area contributed by atoms with Gasteiger partial charge >= 0.3 is 0 Å². The van der Waals surface area contributed by atoms with Crippen molar-refractivity contribution >= 4 is 0 Å². The summed E-state index contributed by atoms with van der Waals surface area (Å²) < 4.78 is 0. The van der Waals surface area contributed by atoms with E-state index in [1.165, 1.54) is 24.8 Å². The van der Waals surface area contributed by atoms with Gasteiger partial charge in [0.25, 0.3) is 0 Å². The molecule has 1 aliphatic rings. The summed E-state index contributed by atoms with van der Waals surface area (Å²) in [7, 11) is 0. The molecule has 0 aromatic heterocycles. The van der Waals surface area contributed by atoms with Crippen molar-refractivity contribution in [2.24, 2.45) is 11.3 Å². The van der Waals surface area contributed by atoms with Crippen molar-refractivity contribution < 1.29 is 5.11 Å². The standard InChI is InChI=1S/C18H28O/c1-4-8-14-9-7-10-15(13-14)17(19)16-11-5-6-12-18(16,2)3/h7,9-10,13,16-17,19H,4-6,8,11-12H2,1-3H3. The first-order valence-corrected chi connectivity index (χ1v) is 7.81. The maximum Gasteiger partial charge on any atom is 0.0823 e. The second-order valence-electron chi connectivity index (χ2n) is 6.78. The Hall–Kier alpha value is -0.820. The molecule has 2 unspecified atom stereocenters. The van der Waals surface area contributed by atoms with Gasteiger partial charge in [-0.3, -0.25) is 0 Å². The van der Waals surface area contributed by atoms with Gasteiger partial charge in [0.05, 0.1) is 6.10 Å². The van der Waals surface area contributed by atoms with Crippen LogP contribution in [0.4, 0.5) is 0 Å². The van der Waals surface area contributed by atoms with Gasteiger partial charge in [-0.2, -0.15) is 0 Å². The first-order chi connectivity index (χ1) is 9.04. The molecule has 1 fully saturated rings. The molecule has 1 N–H and O–H groups in total. The average Bonchev–Trinajstić information content (AvgIpc) is 2.38. The van der Waals surface area contributed by atoms with Crippen LogP contribution in [0.2, 0.25) is 0 Å². The van der Waals surface area contributed by atoms with Crippen molar-refractivity contribution in [2.75, 3.05) is 0 Å². The summed E-state index contributed by atoms with van der Waals surface area (Å²) in [5, 5.41) is 10.8. The zero-order valence-corrected chi connectivity index (χ0v) is 12.7. The molecule has 0 radical (unpaired) electrons. The van der Waals surface area contributed by atoms with Crippen molar-refractivity contribution in [1.29, 1.82) is 0 Å². The summed E-state index contributed by atoms with van der Waals surface area (Å²) in [6.07, 6.45) is 6.94.